The number of nitrogens with zero attached hydrogens (tertiary/aromatic N) is 1. The van der Waals surface area contributed by atoms with Gasteiger partial charge in [-0.05, 0) is 49.3 Å². The van der Waals surface area contributed by atoms with Crippen LogP contribution in [-0.4, -0.2) is 44.7 Å². The number of rotatable bonds is 9. The van der Waals surface area contributed by atoms with Crippen LogP contribution in [0, 0.1) is 17.0 Å². The second-order valence-corrected chi connectivity index (χ2v) is 12.0. The molecular formula is C25H26N2O8S2. The highest BCUT2D eigenvalue weighted by atomic mass is 33.1. The topological polar surface area (TPSA) is 142 Å². The molecule has 2 aromatic carbocycles. The molecule has 1 unspecified atom stereocenters. The van der Waals surface area contributed by atoms with Crippen molar-refractivity contribution < 1.29 is 32.4 Å². The molecular weight excluding hydrogens is 520 g/mol. The van der Waals surface area contributed by atoms with Crippen LogP contribution in [0.5, 0.6) is 0 Å². The molecule has 0 bridgehead atoms. The summed E-state index contributed by atoms with van der Waals surface area (Å²) < 4.78 is 36.2. The van der Waals surface area contributed by atoms with E-state index in [4.69, 9.17) is 9.47 Å². The summed E-state index contributed by atoms with van der Waals surface area (Å²) in [5.41, 5.74) is 1.50. The highest BCUT2D eigenvalue weighted by Gasteiger charge is 2.39. The molecule has 0 fully saturated rings. The van der Waals surface area contributed by atoms with E-state index in [9.17, 15) is 28.1 Å². The van der Waals surface area contributed by atoms with Crippen LogP contribution in [0.25, 0.3) is 0 Å². The van der Waals surface area contributed by atoms with Gasteiger partial charge in [0.05, 0.1) is 40.6 Å². The van der Waals surface area contributed by atoms with Gasteiger partial charge in [0.25, 0.3) is 5.69 Å². The van der Waals surface area contributed by atoms with Crippen molar-refractivity contribution in [2.24, 2.45) is 0 Å². The quantitative estimate of drug-likeness (QED) is 0.212. The monoisotopic (exact) mass is 546 g/mol. The van der Waals surface area contributed by atoms with Crippen molar-refractivity contribution in [1.29, 1.82) is 0 Å². The minimum atomic E-state index is -3.80. The number of carbonyl (C=O) groups is 2. The number of hydrogen-bond acceptors (Lipinski definition) is 10. The van der Waals surface area contributed by atoms with E-state index in [0.29, 0.717) is 16.5 Å². The van der Waals surface area contributed by atoms with Crippen LogP contribution in [0.15, 0.2) is 76.0 Å². The molecule has 1 aliphatic heterocycles. The van der Waals surface area contributed by atoms with Gasteiger partial charge in [-0.3, -0.25) is 10.1 Å². The highest BCUT2D eigenvalue weighted by Crippen LogP contribution is 2.41. The number of carbonyl (C=O) groups excluding carboxylic acids is 2. The van der Waals surface area contributed by atoms with Crippen molar-refractivity contribution in [3.8, 4) is 0 Å². The lowest BCUT2D eigenvalue weighted by Gasteiger charge is -2.31. The van der Waals surface area contributed by atoms with Crippen LogP contribution < -0.4 is 5.32 Å². The summed E-state index contributed by atoms with van der Waals surface area (Å²) in [7, 11) is -2.01. The number of allylic oxidation sites excluding steroid dienone is 1. The van der Waals surface area contributed by atoms with Crippen LogP contribution in [0.2, 0.25) is 0 Å². The molecule has 2 aromatic rings. The molecule has 0 spiro atoms. The number of methoxy groups -OCH3 is 1. The summed E-state index contributed by atoms with van der Waals surface area (Å²) in [5, 5.41) is 14.4. The van der Waals surface area contributed by atoms with Gasteiger partial charge in [0.2, 0.25) is 8.87 Å². The Kier molecular flexibility index (Phi) is 8.77. The van der Waals surface area contributed by atoms with Crippen molar-refractivity contribution >= 4 is 37.3 Å². The Morgan fingerprint density at radius 1 is 1.08 bits per heavy atom. The van der Waals surface area contributed by atoms with Crippen LogP contribution in [-0.2, 0) is 27.9 Å². The molecule has 1 aliphatic rings. The van der Waals surface area contributed by atoms with Gasteiger partial charge in [-0.1, -0.05) is 29.8 Å². The van der Waals surface area contributed by atoms with E-state index in [1.54, 1.807) is 32.0 Å². The largest absolute Gasteiger partial charge is 0.466 e. The van der Waals surface area contributed by atoms with Crippen LogP contribution in [0.1, 0.15) is 30.9 Å². The standard InChI is InChI=1S/C25H26N2O8S2/c1-5-35-25(29)23-20(14-36-37(32,33)19-11-9-15(2)10-12-19)26-16(3)21(24(28)34-4)22(23)17-7-6-8-18(13-17)27(30)31/h6-13,22,26H,5,14H2,1-4H3. The van der Waals surface area contributed by atoms with E-state index in [-0.39, 0.29) is 45.3 Å². The number of nitro groups is 1. The fourth-order valence-corrected chi connectivity index (χ4v) is 6.57. The van der Waals surface area contributed by atoms with E-state index in [0.717, 1.165) is 5.56 Å². The van der Waals surface area contributed by atoms with Gasteiger partial charge >= 0.3 is 11.9 Å². The lowest BCUT2D eigenvalue weighted by atomic mass is 9.80. The first-order valence-corrected chi connectivity index (χ1v) is 14.1. The lowest BCUT2D eigenvalue weighted by Crippen LogP contribution is -2.34. The van der Waals surface area contributed by atoms with E-state index >= 15 is 0 Å². The molecule has 3 rings (SSSR count). The van der Waals surface area contributed by atoms with Crippen molar-refractivity contribution in [1.82, 2.24) is 5.32 Å². The SMILES string of the molecule is CCOC(=O)C1=C(CSS(=O)(=O)c2ccc(C)cc2)NC(C)=C(C(=O)OC)C1c1cccc([N+](=O)[O-])c1. The number of aryl methyl sites for hydroxylation is 1. The predicted octanol–water partition coefficient (Wildman–Crippen LogP) is 3.98. The Labute approximate surface area is 218 Å². The lowest BCUT2D eigenvalue weighted by molar-refractivity contribution is -0.384. The number of benzene rings is 2. The molecule has 0 saturated heterocycles. The fourth-order valence-electron chi connectivity index (χ4n) is 3.90. The average Bonchev–Trinajstić information content (AvgIpc) is 2.87. The summed E-state index contributed by atoms with van der Waals surface area (Å²) >= 11 is 0. The second kappa shape index (κ2) is 11.6. The van der Waals surface area contributed by atoms with Crippen LogP contribution in [0.3, 0.4) is 0 Å². The van der Waals surface area contributed by atoms with Gasteiger partial charge in [0.15, 0.2) is 0 Å². The zero-order chi connectivity index (χ0) is 27.3. The van der Waals surface area contributed by atoms with Crippen LogP contribution >= 0.6 is 10.8 Å². The van der Waals surface area contributed by atoms with Gasteiger partial charge in [-0.15, -0.1) is 0 Å². The molecule has 1 atom stereocenters. The Morgan fingerprint density at radius 3 is 2.35 bits per heavy atom. The minimum Gasteiger partial charge on any atom is -0.466 e. The first kappa shape index (κ1) is 27.9. The summed E-state index contributed by atoms with van der Waals surface area (Å²) in [6, 6.07) is 11.9. The molecule has 0 saturated carbocycles. The number of hydrogen-bond donors (Lipinski definition) is 1. The van der Waals surface area contributed by atoms with Crippen LogP contribution in [0.4, 0.5) is 5.69 Å². The zero-order valence-corrected chi connectivity index (χ0v) is 22.3. The third-order valence-corrected chi connectivity index (χ3v) is 9.06. The molecule has 0 aliphatic carbocycles. The summed E-state index contributed by atoms with van der Waals surface area (Å²) in [5.74, 6) is -2.81. The summed E-state index contributed by atoms with van der Waals surface area (Å²) in [6.07, 6.45) is 0. The maximum Gasteiger partial charge on any atom is 0.336 e. The summed E-state index contributed by atoms with van der Waals surface area (Å²) in [4.78, 5) is 37.0. The molecule has 1 heterocycles. The maximum atomic E-state index is 13.2. The molecule has 0 radical (unpaired) electrons. The third kappa shape index (κ3) is 6.20. The summed E-state index contributed by atoms with van der Waals surface area (Å²) in [6.45, 7) is 5.05. The fraction of sp³-hybridized carbons (Fsp3) is 0.280. The normalized spacial score (nSPS) is 15.7. The second-order valence-electron chi connectivity index (χ2n) is 8.08. The predicted molar refractivity (Wildman–Crippen MR) is 138 cm³/mol. The van der Waals surface area contributed by atoms with Crippen molar-refractivity contribution in [3.63, 3.8) is 0 Å². The number of dihydropyridines is 1. The highest BCUT2D eigenvalue weighted by molar-refractivity contribution is 8.72. The van der Waals surface area contributed by atoms with Gasteiger partial charge in [-0.25, -0.2) is 18.0 Å². The van der Waals surface area contributed by atoms with Crippen molar-refractivity contribution in [3.05, 3.63) is 92.3 Å². The smallest absolute Gasteiger partial charge is 0.336 e. The Morgan fingerprint density at radius 2 is 1.76 bits per heavy atom. The Bertz CT molecular complexity index is 1400. The van der Waals surface area contributed by atoms with Gasteiger partial charge < -0.3 is 14.8 Å². The van der Waals surface area contributed by atoms with Gasteiger partial charge in [-0.2, -0.15) is 0 Å². The van der Waals surface area contributed by atoms with E-state index in [1.807, 2.05) is 6.92 Å². The van der Waals surface area contributed by atoms with E-state index in [1.165, 1.54) is 37.4 Å². The number of ether oxygens (including phenoxy) is 2. The molecule has 0 aromatic heterocycles. The first-order chi connectivity index (χ1) is 17.5. The molecule has 196 valence electrons. The van der Waals surface area contributed by atoms with Crippen molar-refractivity contribution in [2.45, 2.75) is 31.6 Å². The number of nitro benzene ring substituents is 1. The minimum absolute atomic E-state index is 0.0162. The molecule has 10 nitrogen and oxygen atoms in total. The maximum absolute atomic E-state index is 13.2. The van der Waals surface area contributed by atoms with E-state index in [2.05, 4.69) is 5.32 Å². The van der Waals surface area contributed by atoms with E-state index < -0.39 is 31.6 Å². The Hall–Kier alpha value is -3.64. The number of nitrogens with one attached hydrogen (secondary N) is 1. The number of non-ortho nitro benzene ring substituents is 1. The molecule has 1 N–H and O–H groups in total. The van der Waals surface area contributed by atoms with Gasteiger partial charge in [0, 0.05) is 29.3 Å². The average molecular weight is 547 g/mol. The first-order valence-electron chi connectivity index (χ1n) is 11.2. The molecule has 12 heteroatoms. The number of esters is 2. The van der Waals surface area contributed by atoms with Gasteiger partial charge in [0.1, 0.15) is 0 Å². The Balaban J connectivity index is 2.15. The zero-order valence-electron chi connectivity index (χ0n) is 20.6. The van der Waals surface area contributed by atoms with Crippen molar-refractivity contribution in [2.75, 3.05) is 19.5 Å². The molecule has 37 heavy (non-hydrogen) atoms. The molecule has 0 amide bonds. The third-order valence-electron chi connectivity index (χ3n) is 5.63.